The number of thioether (sulfide) groups is 1. The summed E-state index contributed by atoms with van der Waals surface area (Å²) in [5.41, 5.74) is 2.04. The second-order valence-corrected chi connectivity index (χ2v) is 5.16. The van der Waals surface area contributed by atoms with Gasteiger partial charge in [0.2, 0.25) is 0 Å². The van der Waals surface area contributed by atoms with E-state index >= 15 is 0 Å². The van der Waals surface area contributed by atoms with E-state index in [1.807, 2.05) is 6.92 Å². The molecule has 0 fully saturated rings. The number of ether oxygens (including phenoxy) is 2. The Labute approximate surface area is 121 Å². The molecule has 0 aliphatic carbocycles. The van der Waals surface area contributed by atoms with E-state index < -0.39 is 5.97 Å². The van der Waals surface area contributed by atoms with E-state index in [0.717, 1.165) is 16.3 Å². The second kappa shape index (κ2) is 6.00. The summed E-state index contributed by atoms with van der Waals surface area (Å²) >= 11 is 1.29. The molecular formula is C14H15NO4S. The van der Waals surface area contributed by atoms with Crippen molar-refractivity contribution in [2.75, 3.05) is 19.0 Å². The Morgan fingerprint density at radius 1 is 1.30 bits per heavy atom. The lowest BCUT2D eigenvalue weighted by atomic mass is 10.2. The van der Waals surface area contributed by atoms with Gasteiger partial charge in [-0.1, -0.05) is 11.8 Å². The number of methoxy groups -OCH3 is 1. The van der Waals surface area contributed by atoms with E-state index in [1.165, 1.54) is 18.9 Å². The number of allylic oxidation sites excluding steroid dienone is 1. The van der Waals surface area contributed by atoms with Crippen LogP contribution in [0.4, 0.5) is 5.69 Å². The van der Waals surface area contributed by atoms with E-state index in [9.17, 15) is 9.59 Å². The van der Waals surface area contributed by atoms with Crippen molar-refractivity contribution in [3.8, 4) is 0 Å². The van der Waals surface area contributed by atoms with E-state index in [-0.39, 0.29) is 5.97 Å². The molecule has 0 atom stereocenters. The van der Waals surface area contributed by atoms with Crippen LogP contribution < -0.4 is 5.32 Å². The van der Waals surface area contributed by atoms with Crippen LogP contribution in [0.1, 0.15) is 24.2 Å². The van der Waals surface area contributed by atoms with Gasteiger partial charge in [-0.25, -0.2) is 9.59 Å². The van der Waals surface area contributed by atoms with Crippen molar-refractivity contribution in [3.05, 3.63) is 34.4 Å². The predicted octanol–water partition coefficient (Wildman–Crippen LogP) is 2.79. The standard InChI is InChI=1S/C14H15NO4S/c1-4-19-14(17)12-8(2)15-10-6-5-9(13(16)18-3)7-11(10)20-12/h5-7,15H,4H2,1-3H3. The van der Waals surface area contributed by atoms with Crippen LogP contribution >= 0.6 is 11.8 Å². The van der Waals surface area contributed by atoms with E-state index in [4.69, 9.17) is 4.74 Å². The Hall–Kier alpha value is -1.95. The number of anilines is 1. The molecule has 0 saturated carbocycles. The molecule has 0 saturated heterocycles. The molecule has 1 aliphatic heterocycles. The molecule has 2 rings (SSSR count). The normalized spacial score (nSPS) is 13.3. The van der Waals surface area contributed by atoms with Gasteiger partial charge in [0.15, 0.2) is 0 Å². The highest BCUT2D eigenvalue weighted by molar-refractivity contribution is 8.04. The van der Waals surface area contributed by atoms with Gasteiger partial charge in [0.25, 0.3) is 0 Å². The SMILES string of the molecule is CCOC(=O)C1=C(C)Nc2ccc(C(=O)OC)cc2S1. The molecule has 1 aromatic carbocycles. The van der Waals surface area contributed by atoms with Gasteiger partial charge < -0.3 is 14.8 Å². The van der Waals surface area contributed by atoms with Crippen molar-refractivity contribution >= 4 is 29.4 Å². The summed E-state index contributed by atoms with van der Waals surface area (Å²) in [6, 6.07) is 5.17. The lowest BCUT2D eigenvalue weighted by Crippen LogP contribution is -2.14. The first-order valence-corrected chi connectivity index (χ1v) is 6.93. The summed E-state index contributed by atoms with van der Waals surface area (Å²) in [5.74, 6) is -0.769. The van der Waals surface area contributed by atoms with Gasteiger partial charge in [-0.15, -0.1) is 0 Å². The third kappa shape index (κ3) is 2.80. The van der Waals surface area contributed by atoms with Crippen molar-refractivity contribution in [1.82, 2.24) is 0 Å². The summed E-state index contributed by atoms with van der Waals surface area (Å²) in [5, 5.41) is 3.14. The fourth-order valence-electron chi connectivity index (χ4n) is 1.79. The molecule has 5 nitrogen and oxygen atoms in total. The van der Waals surface area contributed by atoms with Gasteiger partial charge in [-0.2, -0.15) is 0 Å². The van der Waals surface area contributed by atoms with Crippen LogP contribution in [0.3, 0.4) is 0 Å². The maximum atomic E-state index is 11.9. The summed E-state index contributed by atoms with van der Waals surface area (Å²) in [7, 11) is 1.33. The summed E-state index contributed by atoms with van der Waals surface area (Å²) in [6.07, 6.45) is 0. The molecule has 0 unspecified atom stereocenters. The molecule has 1 heterocycles. The fourth-order valence-corrected chi connectivity index (χ4v) is 2.77. The highest BCUT2D eigenvalue weighted by atomic mass is 32.2. The molecule has 0 spiro atoms. The minimum Gasteiger partial charge on any atom is -0.465 e. The highest BCUT2D eigenvalue weighted by Crippen LogP contribution is 2.40. The van der Waals surface area contributed by atoms with Crippen LogP contribution in [-0.2, 0) is 14.3 Å². The average Bonchev–Trinajstić information content (AvgIpc) is 2.45. The molecule has 106 valence electrons. The van der Waals surface area contributed by atoms with Gasteiger partial charge in [-0.05, 0) is 32.0 Å². The Kier molecular flexibility index (Phi) is 4.34. The number of hydrogen-bond donors (Lipinski definition) is 1. The van der Waals surface area contributed by atoms with E-state index in [1.54, 1.807) is 25.1 Å². The minimum absolute atomic E-state index is 0.325. The van der Waals surface area contributed by atoms with Crippen molar-refractivity contribution in [3.63, 3.8) is 0 Å². The number of benzene rings is 1. The summed E-state index contributed by atoms with van der Waals surface area (Å²) < 4.78 is 9.71. The third-order valence-corrected chi connectivity index (χ3v) is 3.97. The Morgan fingerprint density at radius 3 is 2.70 bits per heavy atom. The van der Waals surface area contributed by atoms with Crippen molar-refractivity contribution < 1.29 is 19.1 Å². The lowest BCUT2D eigenvalue weighted by molar-refractivity contribution is -0.137. The Bertz CT molecular complexity index is 595. The maximum absolute atomic E-state index is 11.9. The van der Waals surface area contributed by atoms with E-state index in [0.29, 0.717) is 17.1 Å². The van der Waals surface area contributed by atoms with Gasteiger partial charge in [0.1, 0.15) is 4.91 Å². The molecule has 6 heteroatoms. The molecular weight excluding hydrogens is 278 g/mol. The van der Waals surface area contributed by atoms with Crippen LogP contribution in [-0.4, -0.2) is 25.7 Å². The zero-order valence-corrected chi connectivity index (χ0v) is 12.3. The lowest BCUT2D eigenvalue weighted by Gasteiger charge is -2.21. The monoisotopic (exact) mass is 293 g/mol. The Balaban J connectivity index is 2.31. The minimum atomic E-state index is -0.405. The number of fused-ring (bicyclic) bond motifs is 1. The molecule has 20 heavy (non-hydrogen) atoms. The Morgan fingerprint density at radius 2 is 2.05 bits per heavy atom. The van der Waals surface area contributed by atoms with Crippen LogP contribution in [0, 0.1) is 0 Å². The van der Waals surface area contributed by atoms with Crippen molar-refractivity contribution in [1.29, 1.82) is 0 Å². The first kappa shape index (κ1) is 14.5. The number of nitrogens with one attached hydrogen (secondary N) is 1. The van der Waals surface area contributed by atoms with Crippen LogP contribution in [0.5, 0.6) is 0 Å². The quantitative estimate of drug-likeness (QED) is 0.865. The smallest absolute Gasteiger partial charge is 0.346 e. The summed E-state index contributed by atoms with van der Waals surface area (Å²) in [4.78, 5) is 24.7. The summed E-state index contributed by atoms with van der Waals surface area (Å²) in [6.45, 7) is 3.90. The highest BCUT2D eigenvalue weighted by Gasteiger charge is 2.23. The number of esters is 2. The number of carbonyl (C=O) groups is 2. The number of carbonyl (C=O) groups excluding carboxylic acids is 2. The number of rotatable bonds is 3. The second-order valence-electron chi connectivity index (χ2n) is 4.10. The van der Waals surface area contributed by atoms with Crippen molar-refractivity contribution in [2.45, 2.75) is 18.7 Å². The molecule has 1 aromatic rings. The topological polar surface area (TPSA) is 64.6 Å². The van der Waals surface area contributed by atoms with Gasteiger partial charge >= 0.3 is 11.9 Å². The van der Waals surface area contributed by atoms with Gasteiger partial charge in [0.05, 0.1) is 25.0 Å². The maximum Gasteiger partial charge on any atom is 0.346 e. The van der Waals surface area contributed by atoms with Crippen LogP contribution in [0.15, 0.2) is 33.7 Å². The molecule has 0 radical (unpaired) electrons. The first-order chi connectivity index (χ1) is 9.56. The molecule has 0 amide bonds. The van der Waals surface area contributed by atoms with Crippen molar-refractivity contribution in [2.24, 2.45) is 0 Å². The van der Waals surface area contributed by atoms with E-state index in [2.05, 4.69) is 10.1 Å². The molecule has 1 aliphatic rings. The zero-order chi connectivity index (χ0) is 14.7. The van der Waals surface area contributed by atoms with Crippen LogP contribution in [0.25, 0.3) is 0 Å². The van der Waals surface area contributed by atoms with Gasteiger partial charge in [0, 0.05) is 10.6 Å². The first-order valence-electron chi connectivity index (χ1n) is 6.12. The number of hydrogen-bond acceptors (Lipinski definition) is 6. The largest absolute Gasteiger partial charge is 0.465 e. The molecule has 1 N–H and O–H groups in total. The van der Waals surface area contributed by atoms with Gasteiger partial charge in [-0.3, -0.25) is 0 Å². The fraction of sp³-hybridized carbons (Fsp3) is 0.286. The zero-order valence-electron chi connectivity index (χ0n) is 11.5. The average molecular weight is 293 g/mol. The molecule has 0 aromatic heterocycles. The predicted molar refractivity (Wildman–Crippen MR) is 76.6 cm³/mol. The molecule has 0 bridgehead atoms. The third-order valence-electron chi connectivity index (χ3n) is 2.74. The van der Waals surface area contributed by atoms with Crippen LogP contribution in [0.2, 0.25) is 0 Å².